The Morgan fingerprint density at radius 3 is 1.86 bits per heavy atom. The molecule has 12 rings (SSSR count). The molecule has 0 radical (unpaired) electrons. The van der Waals surface area contributed by atoms with Crippen LogP contribution in [0.1, 0.15) is 51.3 Å². The monoisotopic (exact) mass is 762 g/mol. The van der Waals surface area contributed by atoms with Crippen LogP contribution in [0.25, 0.3) is 82.5 Å². The van der Waals surface area contributed by atoms with Crippen molar-refractivity contribution in [2.75, 3.05) is 4.90 Å². The number of nitrogens with zero attached hydrogens (tertiary/aromatic N) is 2. The molecule has 0 fully saturated rings. The van der Waals surface area contributed by atoms with Crippen molar-refractivity contribution in [3.8, 4) is 16.8 Å². The standard InChI is InChI=1S/C55H42N2O2/c1-54(2,3)33-26-28-35(29-27-33)57(43-23-15-22-42-48(43)36-18-9-12-21-41(36)56(42)34-16-7-6-8-17-34)44-32-40-52(50-38-20-11-14-25-46(38)59-53(44)50)51-39(55(40,4)5)30-31-47-49(51)37-19-10-13-24-45(37)58-47/h6-32H,1-5H3. The van der Waals surface area contributed by atoms with Gasteiger partial charge in [0, 0.05) is 49.1 Å². The molecule has 3 heterocycles. The molecule has 0 unspecified atom stereocenters. The number of fused-ring (bicyclic) bond motifs is 14. The summed E-state index contributed by atoms with van der Waals surface area (Å²) in [5.41, 5.74) is 16.2. The van der Waals surface area contributed by atoms with Gasteiger partial charge in [0.05, 0.1) is 22.4 Å². The van der Waals surface area contributed by atoms with Crippen molar-refractivity contribution in [3.05, 3.63) is 180 Å². The lowest BCUT2D eigenvalue weighted by atomic mass is 9.81. The van der Waals surface area contributed by atoms with Crippen LogP contribution in [0.2, 0.25) is 0 Å². The van der Waals surface area contributed by atoms with Crippen LogP contribution in [0.4, 0.5) is 17.1 Å². The molecule has 0 atom stereocenters. The van der Waals surface area contributed by atoms with Crippen LogP contribution in [-0.4, -0.2) is 4.57 Å². The predicted molar refractivity (Wildman–Crippen MR) is 246 cm³/mol. The average Bonchev–Trinajstić information content (AvgIpc) is 3.98. The highest BCUT2D eigenvalue weighted by Gasteiger charge is 2.41. The highest BCUT2D eigenvalue weighted by atomic mass is 16.3. The molecule has 0 saturated heterocycles. The molecule has 4 heteroatoms. The van der Waals surface area contributed by atoms with Crippen molar-refractivity contribution in [2.45, 2.75) is 45.4 Å². The Morgan fingerprint density at radius 1 is 0.492 bits per heavy atom. The number of para-hydroxylation sites is 4. The lowest BCUT2D eigenvalue weighted by molar-refractivity contribution is 0.590. The summed E-state index contributed by atoms with van der Waals surface area (Å²) >= 11 is 0. The van der Waals surface area contributed by atoms with E-state index < -0.39 is 0 Å². The SMILES string of the molecule is CC(C)(C)c1ccc(N(c2cc3c(c4c2oc2ccccc24)-c2c(ccc4oc5ccccc5c24)C3(C)C)c2cccc3c2c2ccccc2n3-c2ccccc2)cc1. The molecule has 4 nitrogen and oxygen atoms in total. The number of anilines is 3. The van der Waals surface area contributed by atoms with E-state index in [1.165, 1.54) is 44.1 Å². The normalized spacial score (nSPS) is 13.6. The molecular weight excluding hydrogens is 721 g/mol. The Labute approximate surface area is 342 Å². The molecule has 0 aliphatic heterocycles. The molecule has 59 heavy (non-hydrogen) atoms. The number of aromatic nitrogens is 1. The largest absolute Gasteiger partial charge is 0.456 e. The fraction of sp³-hybridized carbons (Fsp3) is 0.127. The first kappa shape index (κ1) is 34.0. The zero-order chi connectivity index (χ0) is 39.8. The van der Waals surface area contributed by atoms with Crippen LogP contribution in [0.5, 0.6) is 0 Å². The van der Waals surface area contributed by atoms with Gasteiger partial charge in [0.25, 0.3) is 0 Å². The van der Waals surface area contributed by atoms with Crippen LogP contribution in [0, 0.1) is 0 Å². The molecule has 0 amide bonds. The molecule has 11 aromatic rings. The number of rotatable bonds is 4. The lowest BCUT2D eigenvalue weighted by Crippen LogP contribution is -2.17. The highest BCUT2D eigenvalue weighted by molar-refractivity contribution is 6.25. The summed E-state index contributed by atoms with van der Waals surface area (Å²) in [7, 11) is 0. The van der Waals surface area contributed by atoms with Gasteiger partial charge >= 0.3 is 0 Å². The zero-order valence-corrected chi connectivity index (χ0v) is 33.8. The number of furan rings is 2. The van der Waals surface area contributed by atoms with Crippen molar-refractivity contribution in [3.63, 3.8) is 0 Å². The first-order chi connectivity index (χ1) is 28.7. The fourth-order valence-electron chi connectivity index (χ4n) is 10.1. The molecule has 284 valence electrons. The van der Waals surface area contributed by atoms with E-state index in [-0.39, 0.29) is 10.8 Å². The van der Waals surface area contributed by atoms with E-state index in [1.807, 2.05) is 0 Å². The number of benzene rings is 8. The van der Waals surface area contributed by atoms with E-state index >= 15 is 0 Å². The minimum atomic E-state index is -0.324. The molecule has 3 aromatic heterocycles. The van der Waals surface area contributed by atoms with E-state index in [0.29, 0.717) is 0 Å². The molecule has 0 spiro atoms. The molecule has 1 aliphatic rings. The molecule has 0 bridgehead atoms. The highest BCUT2D eigenvalue weighted by Crippen LogP contribution is 2.59. The summed E-state index contributed by atoms with van der Waals surface area (Å²) in [6.07, 6.45) is 0. The summed E-state index contributed by atoms with van der Waals surface area (Å²) in [5.74, 6) is 0. The Morgan fingerprint density at radius 2 is 1.12 bits per heavy atom. The Kier molecular flexibility index (Phi) is 6.92. The summed E-state index contributed by atoms with van der Waals surface area (Å²) in [6.45, 7) is 11.6. The molecule has 8 aromatic carbocycles. The third-order valence-corrected chi connectivity index (χ3v) is 12.9. The second kappa shape index (κ2) is 12.0. The van der Waals surface area contributed by atoms with E-state index in [4.69, 9.17) is 8.83 Å². The van der Waals surface area contributed by atoms with Gasteiger partial charge in [-0.2, -0.15) is 0 Å². The summed E-state index contributed by atoms with van der Waals surface area (Å²) in [5, 5.41) is 6.92. The molecular formula is C55H42N2O2. The summed E-state index contributed by atoms with van der Waals surface area (Å²) in [6, 6.07) is 59.3. The van der Waals surface area contributed by atoms with Crippen molar-refractivity contribution in [2.24, 2.45) is 0 Å². The Balaban J connectivity index is 1.24. The minimum absolute atomic E-state index is 0.00441. The van der Waals surface area contributed by atoms with Crippen LogP contribution < -0.4 is 4.90 Å². The van der Waals surface area contributed by atoms with E-state index in [9.17, 15) is 0 Å². The van der Waals surface area contributed by atoms with Gasteiger partial charge in [-0.1, -0.05) is 132 Å². The maximum absolute atomic E-state index is 7.18. The Bertz CT molecular complexity index is 3500. The Hall–Kier alpha value is -7.04. The van der Waals surface area contributed by atoms with E-state index in [0.717, 1.165) is 72.1 Å². The lowest BCUT2D eigenvalue weighted by Gasteiger charge is -2.30. The van der Waals surface area contributed by atoms with Crippen molar-refractivity contribution in [1.29, 1.82) is 0 Å². The van der Waals surface area contributed by atoms with Gasteiger partial charge in [0.2, 0.25) is 0 Å². The smallest absolute Gasteiger partial charge is 0.160 e. The van der Waals surface area contributed by atoms with Gasteiger partial charge in [-0.15, -0.1) is 0 Å². The van der Waals surface area contributed by atoms with Gasteiger partial charge < -0.3 is 18.3 Å². The van der Waals surface area contributed by atoms with Crippen LogP contribution in [0.15, 0.2) is 173 Å². The molecule has 1 aliphatic carbocycles. The third kappa shape index (κ3) is 4.71. The van der Waals surface area contributed by atoms with Gasteiger partial charge in [0.1, 0.15) is 16.7 Å². The van der Waals surface area contributed by atoms with Crippen LogP contribution >= 0.6 is 0 Å². The maximum Gasteiger partial charge on any atom is 0.160 e. The van der Waals surface area contributed by atoms with Gasteiger partial charge in [-0.05, 0) is 100.0 Å². The second-order valence-electron chi connectivity index (χ2n) is 17.7. The number of hydrogen-bond acceptors (Lipinski definition) is 3. The van der Waals surface area contributed by atoms with Gasteiger partial charge in [-0.25, -0.2) is 0 Å². The fourth-order valence-corrected chi connectivity index (χ4v) is 10.1. The van der Waals surface area contributed by atoms with Gasteiger partial charge in [-0.3, -0.25) is 0 Å². The summed E-state index contributed by atoms with van der Waals surface area (Å²) in [4.78, 5) is 2.46. The minimum Gasteiger partial charge on any atom is -0.456 e. The third-order valence-electron chi connectivity index (χ3n) is 12.9. The summed E-state index contributed by atoms with van der Waals surface area (Å²) < 4.78 is 16.1. The second-order valence-corrected chi connectivity index (χ2v) is 17.7. The molecule has 0 N–H and O–H groups in total. The first-order valence-corrected chi connectivity index (χ1v) is 20.6. The van der Waals surface area contributed by atoms with Crippen molar-refractivity contribution < 1.29 is 8.83 Å². The first-order valence-electron chi connectivity index (χ1n) is 20.6. The maximum atomic E-state index is 7.18. The van der Waals surface area contributed by atoms with E-state index in [1.54, 1.807) is 0 Å². The zero-order valence-electron chi connectivity index (χ0n) is 33.8. The van der Waals surface area contributed by atoms with Crippen molar-refractivity contribution >= 4 is 82.7 Å². The van der Waals surface area contributed by atoms with E-state index in [2.05, 4.69) is 208 Å². The molecule has 0 saturated carbocycles. The topological polar surface area (TPSA) is 34.5 Å². The van der Waals surface area contributed by atoms with Crippen LogP contribution in [0.3, 0.4) is 0 Å². The van der Waals surface area contributed by atoms with Crippen LogP contribution in [-0.2, 0) is 10.8 Å². The van der Waals surface area contributed by atoms with Gasteiger partial charge in [0.15, 0.2) is 5.58 Å². The predicted octanol–water partition coefficient (Wildman–Crippen LogP) is 15.7. The average molecular weight is 763 g/mol. The quantitative estimate of drug-likeness (QED) is 0.179. The number of hydrogen-bond donors (Lipinski definition) is 0. The van der Waals surface area contributed by atoms with Crippen molar-refractivity contribution in [1.82, 2.24) is 4.57 Å².